The minimum absolute atomic E-state index is 0.141. The van der Waals surface area contributed by atoms with Crippen LogP contribution in [0, 0.1) is 0 Å². The molecular formula is C13H16N4O4S2. The number of carbonyl (C=O) groups is 1. The molecule has 2 aromatic rings. The van der Waals surface area contributed by atoms with Gasteiger partial charge in [0, 0.05) is 13.5 Å². The van der Waals surface area contributed by atoms with Crippen molar-refractivity contribution >= 4 is 32.4 Å². The van der Waals surface area contributed by atoms with Crippen LogP contribution in [0.3, 0.4) is 0 Å². The van der Waals surface area contributed by atoms with Crippen molar-refractivity contribution in [3.05, 3.63) is 29.8 Å². The van der Waals surface area contributed by atoms with Crippen LogP contribution in [0.1, 0.15) is 12.5 Å². The van der Waals surface area contributed by atoms with Crippen LogP contribution in [0.2, 0.25) is 0 Å². The summed E-state index contributed by atoms with van der Waals surface area (Å²) in [4.78, 5) is 10.9. The van der Waals surface area contributed by atoms with E-state index in [0.29, 0.717) is 12.2 Å². The molecule has 0 saturated carbocycles. The number of hydrogen-bond donors (Lipinski definition) is 2. The molecule has 0 bridgehead atoms. The van der Waals surface area contributed by atoms with E-state index in [4.69, 9.17) is 4.74 Å². The van der Waals surface area contributed by atoms with Crippen molar-refractivity contribution in [2.45, 2.75) is 17.7 Å². The molecule has 10 heteroatoms. The van der Waals surface area contributed by atoms with Crippen LogP contribution in [-0.4, -0.2) is 38.2 Å². The molecule has 1 heterocycles. The van der Waals surface area contributed by atoms with Crippen molar-refractivity contribution in [2.24, 2.45) is 0 Å². The number of carbonyl (C=O) groups excluding carboxylic acids is 1. The van der Waals surface area contributed by atoms with Gasteiger partial charge in [0.2, 0.25) is 15.4 Å². The van der Waals surface area contributed by atoms with Gasteiger partial charge >= 0.3 is 0 Å². The number of rotatable bonds is 7. The lowest BCUT2D eigenvalue weighted by atomic mass is 10.1. The van der Waals surface area contributed by atoms with Gasteiger partial charge in [-0.2, -0.15) is 0 Å². The molecular weight excluding hydrogens is 340 g/mol. The summed E-state index contributed by atoms with van der Waals surface area (Å²) in [6, 6.07) is 7.38. The second kappa shape index (κ2) is 7.49. The van der Waals surface area contributed by atoms with E-state index < -0.39 is 10.0 Å². The number of nitrogens with zero attached hydrogens (tertiary/aromatic N) is 2. The molecule has 2 N–H and O–H groups in total. The van der Waals surface area contributed by atoms with Crippen molar-refractivity contribution < 1.29 is 17.9 Å². The fourth-order valence-corrected chi connectivity index (χ4v) is 3.83. The second-order valence-corrected chi connectivity index (χ2v) is 7.43. The molecule has 8 nitrogen and oxygen atoms in total. The van der Waals surface area contributed by atoms with Gasteiger partial charge in [0.05, 0.1) is 7.11 Å². The summed E-state index contributed by atoms with van der Waals surface area (Å²) in [6.45, 7) is 1.50. The first-order valence-corrected chi connectivity index (χ1v) is 8.95. The van der Waals surface area contributed by atoms with E-state index in [-0.39, 0.29) is 21.9 Å². The summed E-state index contributed by atoms with van der Waals surface area (Å²) in [5, 5.41) is 9.73. The number of benzene rings is 1. The standard InChI is InChI=1S/C13H16N4O4S2/c1-9(18)15-12-16-17-13(22-12)23(19,20)14-8-7-10-5-3-4-6-11(10)21-2/h3-6,14H,7-8H2,1-2H3,(H,15,16,18). The second-order valence-electron chi connectivity index (χ2n) is 4.51. The van der Waals surface area contributed by atoms with E-state index >= 15 is 0 Å². The number of para-hydroxylation sites is 1. The molecule has 1 amide bonds. The lowest BCUT2D eigenvalue weighted by Crippen LogP contribution is -2.26. The van der Waals surface area contributed by atoms with Crippen LogP contribution < -0.4 is 14.8 Å². The summed E-state index contributed by atoms with van der Waals surface area (Å²) in [5.74, 6) is 0.366. The molecule has 1 aromatic carbocycles. The Hall–Kier alpha value is -2.04. The number of anilines is 1. The van der Waals surface area contributed by atoms with E-state index in [0.717, 1.165) is 16.9 Å². The van der Waals surface area contributed by atoms with Gasteiger partial charge in [0.1, 0.15) is 5.75 Å². The maximum absolute atomic E-state index is 12.1. The molecule has 2 rings (SSSR count). The molecule has 0 aliphatic carbocycles. The molecule has 23 heavy (non-hydrogen) atoms. The molecule has 124 valence electrons. The average Bonchev–Trinajstić information content (AvgIpc) is 2.96. The maximum atomic E-state index is 12.1. The zero-order chi connectivity index (χ0) is 16.9. The highest BCUT2D eigenvalue weighted by Crippen LogP contribution is 2.20. The largest absolute Gasteiger partial charge is 0.496 e. The third kappa shape index (κ3) is 4.71. The summed E-state index contributed by atoms with van der Waals surface area (Å²) in [6.07, 6.45) is 0.473. The van der Waals surface area contributed by atoms with Gasteiger partial charge in [-0.15, -0.1) is 10.2 Å². The van der Waals surface area contributed by atoms with Crippen LogP contribution >= 0.6 is 11.3 Å². The molecule has 0 aliphatic rings. The van der Waals surface area contributed by atoms with Crippen LogP contribution in [0.15, 0.2) is 28.6 Å². The Morgan fingerprint density at radius 2 is 2.04 bits per heavy atom. The zero-order valence-corrected chi connectivity index (χ0v) is 14.2. The Morgan fingerprint density at radius 1 is 1.30 bits per heavy atom. The molecule has 1 aromatic heterocycles. The lowest BCUT2D eigenvalue weighted by molar-refractivity contribution is -0.114. The Morgan fingerprint density at radius 3 is 2.74 bits per heavy atom. The normalized spacial score (nSPS) is 11.2. The third-order valence-electron chi connectivity index (χ3n) is 2.80. The lowest BCUT2D eigenvalue weighted by Gasteiger charge is -2.08. The third-order valence-corrected chi connectivity index (χ3v) is 5.47. The molecule has 0 unspecified atom stereocenters. The first kappa shape index (κ1) is 17.3. The number of hydrogen-bond acceptors (Lipinski definition) is 7. The highest BCUT2D eigenvalue weighted by Gasteiger charge is 2.20. The van der Waals surface area contributed by atoms with E-state index in [1.54, 1.807) is 7.11 Å². The Balaban J connectivity index is 1.99. The van der Waals surface area contributed by atoms with E-state index in [1.165, 1.54) is 6.92 Å². The minimum Gasteiger partial charge on any atom is -0.496 e. The SMILES string of the molecule is COc1ccccc1CCNS(=O)(=O)c1nnc(NC(C)=O)s1. The van der Waals surface area contributed by atoms with Gasteiger partial charge in [-0.3, -0.25) is 4.79 Å². The Bertz CT molecular complexity index is 789. The predicted octanol–water partition coefficient (Wildman–Crippen LogP) is 1.03. The molecule has 0 aliphatic heterocycles. The van der Waals surface area contributed by atoms with Crippen molar-refractivity contribution in [1.82, 2.24) is 14.9 Å². The molecule has 0 atom stereocenters. The number of sulfonamides is 1. The van der Waals surface area contributed by atoms with Gasteiger partial charge in [0.15, 0.2) is 0 Å². The quantitative estimate of drug-likeness (QED) is 0.717. The van der Waals surface area contributed by atoms with Crippen LogP contribution in [0.4, 0.5) is 5.13 Å². The van der Waals surface area contributed by atoms with Gasteiger partial charge < -0.3 is 10.1 Å². The zero-order valence-electron chi connectivity index (χ0n) is 12.6. The van der Waals surface area contributed by atoms with Crippen molar-refractivity contribution in [3.8, 4) is 5.75 Å². The predicted molar refractivity (Wildman–Crippen MR) is 86.1 cm³/mol. The number of nitrogens with one attached hydrogen (secondary N) is 2. The molecule has 0 fully saturated rings. The average molecular weight is 356 g/mol. The minimum atomic E-state index is -3.76. The molecule has 0 spiro atoms. The van der Waals surface area contributed by atoms with Gasteiger partial charge in [-0.25, -0.2) is 13.1 Å². The highest BCUT2D eigenvalue weighted by atomic mass is 32.2. The molecule has 0 saturated heterocycles. The van der Waals surface area contributed by atoms with Crippen molar-refractivity contribution in [1.29, 1.82) is 0 Å². The topological polar surface area (TPSA) is 110 Å². The van der Waals surface area contributed by atoms with Gasteiger partial charge in [0.25, 0.3) is 10.0 Å². The van der Waals surface area contributed by atoms with Crippen LogP contribution in [0.5, 0.6) is 5.75 Å². The van der Waals surface area contributed by atoms with E-state index in [9.17, 15) is 13.2 Å². The first-order valence-electron chi connectivity index (χ1n) is 6.65. The van der Waals surface area contributed by atoms with E-state index in [1.807, 2.05) is 24.3 Å². The summed E-state index contributed by atoms with van der Waals surface area (Å²) in [7, 11) is -2.20. The number of methoxy groups -OCH3 is 1. The van der Waals surface area contributed by atoms with Crippen LogP contribution in [0.25, 0.3) is 0 Å². The number of ether oxygens (including phenoxy) is 1. The smallest absolute Gasteiger partial charge is 0.269 e. The van der Waals surface area contributed by atoms with Crippen molar-refractivity contribution in [2.75, 3.05) is 19.0 Å². The summed E-state index contributed by atoms with van der Waals surface area (Å²) < 4.78 is 31.7. The molecule has 0 radical (unpaired) electrons. The number of aromatic nitrogens is 2. The monoisotopic (exact) mass is 356 g/mol. The summed E-state index contributed by atoms with van der Waals surface area (Å²) in [5.41, 5.74) is 0.897. The highest BCUT2D eigenvalue weighted by molar-refractivity contribution is 7.91. The van der Waals surface area contributed by atoms with Crippen LogP contribution in [-0.2, 0) is 21.2 Å². The number of amides is 1. The fraction of sp³-hybridized carbons (Fsp3) is 0.308. The van der Waals surface area contributed by atoms with Crippen molar-refractivity contribution in [3.63, 3.8) is 0 Å². The van der Waals surface area contributed by atoms with E-state index in [2.05, 4.69) is 20.2 Å². The first-order chi connectivity index (χ1) is 10.9. The summed E-state index contributed by atoms with van der Waals surface area (Å²) >= 11 is 0.793. The maximum Gasteiger partial charge on any atom is 0.269 e. The van der Waals surface area contributed by atoms with Gasteiger partial charge in [-0.1, -0.05) is 29.5 Å². The Kier molecular flexibility index (Phi) is 5.64. The Labute approximate surface area is 137 Å². The fourth-order valence-electron chi connectivity index (χ4n) is 1.81. The van der Waals surface area contributed by atoms with Gasteiger partial charge in [-0.05, 0) is 18.1 Å².